The summed E-state index contributed by atoms with van der Waals surface area (Å²) in [5.41, 5.74) is 1.96. The third-order valence-electron chi connectivity index (χ3n) is 3.67. The summed E-state index contributed by atoms with van der Waals surface area (Å²) < 4.78 is 25.1. The van der Waals surface area contributed by atoms with Crippen molar-refractivity contribution < 1.29 is 8.42 Å². The molecular weight excluding hydrogens is 356 g/mol. The van der Waals surface area contributed by atoms with Gasteiger partial charge in [0.15, 0.2) is 20.8 Å². The lowest BCUT2D eigenvalue weighted by molar-refractivity contribution is 0.602. The molecule has 0 aliphatic carbocycles. The summed E-state index contributed by atoms with van der Waals surface area (Å²) in [4.78, 5) is 4.46. The Balaban J connectivity index is 1.77. The van der Waals surface area contributed by atoms with Crippen LogP contribution in [0.3, 0.4) is 0 Å². The lowest BCUT2D eigenvalue weighted by Crippen LogP contribution is -2.00. The molecule has 6 nitrogen and oxygen atoms in total. The van der Waals surface area contributed by atoms with Gasteiger partial charge in [-0.1, -0.05) is 23.9 Å². The number of hydrogen-bond acceptors (Lipinski definition) is 6. The van der Waals surface area contributed by atoms with Crippen molar-refractivity contribution in [1.82, 2.24) is 19.7 Å². The Kier molecular flexibility index (Phi) is 5.19. The Bertz CT molecular complexity index is 952. The summed E-state index contributed by atoms with van der Waals surface area (Å²) in [7, 11) is -3.16. The van der Waals surface area contributed by atoms with E-state index in [4.69, 9.17) is 0 Å². The van der Waals surface area contributed by atoms with Gasteiger partial charge in [-0.2, -0.15) is 0 Å². The molecule has 0 amide bonds. The molecule has 0 fully saturated rings. The number of hydrogen-bond donors (Lipinski definition) is 0. The number of pyridine rings is 1. The molecule has 25 heavy (non-hydrogen) atoms. The van der Waals surface area contributed by atoms with E-state index in [0.717, 1.165) is 28.7 Å². The van der Waals surface area contributed by atoms with E-state index in [1.165, 1.54) is 6.26 Å². The SMILES string of the molecule is CCn1c(SCc2ccc(S(C)(=O)=O)cc2)nnc1-c1cccnc1. The van der Waals surface area contributed by atoms with Crippen molar-refractivity contribution in [1.29, 1.82) is 0 Å². The third kappa shape index (κ3) is 4.08. The quantitative estimate of drug-likeness (QED) is 0.617. The molecule has 0 atom stereocenters. The van der Waals surface area contributed by atoms with E-state index in [0.29, 0.717) is 10.6 Å². The first kappa shape index (κ1) is 17.6. The summed E-state index contributed by atoms with van der Waals surface area (Å²) >= 11 is 1.57. The monoisotopic (exact) mass is 374 g/mol. The van der Waals surface area contributed by atoms with Crippen LogP contribution in [0.4, 0.5) is 0 Å². The Morgan fingerprint density at radius 2 is 1.88 bits per heavy atom. The van der Waals surface area contributed by atoms with Gasteiger partial charge >= 0.3 is 0 Å². The standard InChI is InChI=1S/C17H18N4O2S2/c1-3-21-16(14-5-4-10-18-11-14)19-20-17(21)24-12-13-6-8-15(9-7-13)25(2,22)23/h4-11H,3,12H2,1-2H3. The first-order valence-corrected chi connectivity index (χ1v) is 10.6. The zero-order valence-electron chi connectivity index (χ0n) is 14.0. The highest BCUT2D eigenvalue weighted by Gasteiger charge is 2.13. The molecule has 130 valence electrons. The molecule has 8 heteroatoms. The predicted molar refractivity (Wildman–Crippen MR) is 98.0 cm³/mol. The van der Waals surface area contributed by atoms with Crippen LogP contribution in [-0.2, 0) is 22.1 Å². The maximum atomic E-state index is 11.5. The van der Waals surface area contributed by atoms with Gasteiger partial charge in [0, 0.05) is 36.5 Å². The zero-order chi connectivity index (χ0) is 17.9. The van der Waals surface area contributed by atoms with Crippen LogP contribution in [0, 0.1) is 0 Å². The molecule has 0 spiro atoms. The van der Waals surface area contributed by atoms with Crippen LogP contribution < -0.4 is 0 Å². The summed E-state index contributed by atoms with van der Waals surface area (Å²) in [6.45, 7) is 2.81. The van der Waals surface area contributed by atoms with Gasteiger partial charge in [-0.3, -0.25) is 4.98 Å². The molecule has 0 unspecified atom stereocenters. The van der Waals surface area contributed by atoms with E-state index in [9.17, 15) is 8.42 Å². The topological polar surface area (TPSA) is 77.7 Å². The van der Waals surface area contributed by atoms with Crippen LogP contribution in [0.25, 0.3) is 11.4 Å². The normalized spacial score (nSPS) is 11.6. The Hall–Kier alpha value is -2.19. The molecular formula is C17H18N4O2S2. The molecule has 1 aromatic carbocycles. The zero-order valence-corrected chi connectivity index (χ0v) is 15.6. The summed E-state index contributed by atoms with van der Waals surface area (Å²) in [6.07, 6.45) is 4.71. The first-order chi connectivity index (χ1) is 12.0. The van der Waals surface area contributed by atoms with Gasteiger partial charge in [0.1, 0.15) is 0 Å². The van der Waals surface area contributed by atoms with Gasteiger partial charge in [0.25, 0.3) is 0 Å². The smallest absolute Gasteiger partial charge is 0.191 e. The maximum Gasteiger partial charge on any atom is 0.191 e. The highest BCUT2D eigenvalue weighted by molar-refractivity contribution is 7.98. The van der Waals surface area contributed by atoms with Crippen molar-refractivity contribution in [3.05, 3.63) is 54.4 Å². The van der Waals surface area contributed by atoms with E-state index >= 15 is 0 Å². The predicted octanol–water partition coefficient (Wildman–Crippen LogP) is 3.06. The second-order valence-corrected chi connectivity index (χ2v) is 8.46. The minimum absolute atomic E-state index is 0.330. The van der Waals surface area contributed by atoms with E-state index in [1.807, 2.05) is 35.8 Å². The molecule has 0 radical (unpaired) electrons. The number of nitrogens with zero attached hydrogens (tertiary/aromatic N) is 4. The summed E-state index contributed by atoms with van der Waals surface area (Å²) in [6, 6.07) is 10.8. The van der Waals surface area contributed by atoms with E-state index < -0.39 is 9.84 Å². The van der Waals surface area contributed by atoms with Crippen LogP contribution in [0.1, 0.15) is 12.5 Å². The van der Waals surface area contributed by atoms with Crippen molar-refractivity contribution in [3.8, 4) is 11.4 Å². The minimum Gasteiger partial charge on any atom is -0.302 e. The molecule has 3 aromatic rings. The van der Waals surface area contributed by atoms with Gasteiger partial charge in [-0.15, -0.1) is 10.2 Å². The summed E-state index contributed by atoms with van der Waals surface area (Å²) in [5, 5.41) is 9.40. The third-order valence-corrected chi connectivity index (χ3v) is 5.84. The second kappa shape index (κ2) is 7.37. The highest BCUT2D eigenvalue weighted by Crippen LogP contribution is 2.26. The lowest BCUT2D eigenvalue weighted by Gasteiger charge is -2.07. The molecule has 2 aromatic heterocycles. The van der Waals surface area contributed by atoms with Crippen LogP contribution in [-0.4, -0.2) is 34.4 Å². The molecule has 0 N–H and O–H groups in total. The van der Waals surface area contributed by atoms with Crippen molar-refractivity contribution in [2.45, 2.75) is 29.3 Å². The fraction of sp³-hybridized carbons (Fsp3) is 0.235. The maximum absolute atomic E-state index is 11.5. The Labute approximate surface area is 151 Å². The molecule has 3 rings (SSSR count). The fourth-order valence-corrected chi connectivity index (χ4v) is 3.96. The minimum atomic E-state index is -3.16. The van der Waals surface area contributed by atoms with Crippen molar-refractivity contribution in [2.24, 2.45) is 0 Å². The molecule has 0 saturated carbocycles. The molecule has 0 bridgehead atoms. The van der Waals surface area contributed by atoms with Gasteiger partial charge in [0.2, 0.25) is 0 Å². The number of rotatable bonds is 6. The van der Waals surface area contributed by atoms with E-state index in [1.54, 1.807) is 36.3 Å². The van der Waals surface area contributed by atoms with Crippen molar-refractivity contribution in [3.63, 3.8) is 0 Å². The van der Waals surface area contributed by atoms with Gasteiger partial charge in [-0.25, -0.2) is 8.42 Å². The Morgan fingerprint density at radius 1 is 1.12 bits per heavy atom. The van der Waals surface area contributed by atoms with Crippen molar-refractivity contribution in [2.75, 3.05) is 6.26 Å². The van der Waals surface area contributed by atoms with Crippen LogP contribution in [0.5, 0.6) is 0 Å². The average Bonchev–Trinajstić information content (AvgIpc) is 3.03. The van der Waals surface area contributed by atoms with Crippen molar-refractivity contribution >= 4 is 21.6 Å². The van der Waals surface area contributed by atoms with Gasteiger partial charge in [-0.05, 0) is 36.8 Å². The van der Waals surface area contributed by atoms with Crippen LogP contribution >= 0.6 is 11.8 Å². The molecule has 2 heterocycles. The van der Waals surface area contributed by atoms with Gasteiger partial charge in [0.05, 0.1) is 4.90 Å². The Morgan fingerprint density at radius 3 is 2.48 bits per heavy atom. The largest absolute Gasteiger partial charge is 0.302 e. The van der Waals surface area contributed by atoms with Crippen LogP contribution in [0.15, 0.2) is 58.8 Å². The lowest BCUT2D eigenvalue weighted by atomic mass is 10.2. The first-order valence-electron chi connectivity index (χ1n) is 7.74. The van der Waals surface area contributed by atoms with Gasteiger partial charge < -0.3 is 4.57 Å². The number of sulfone groups is 1. The number of aromatic nitrogens is 4. The average molecular weight is 374 g/mol. The highest BCUT2D eigenvalue weighted by atomic mass is 32.2. The number of thioether (sulfide) groups is 1. The van der Waals surface area contributed by atoms with E-state index in [-0.39, 0.29) is 0 Å². The molecule has 0 aliphatic rings. The van der Waals surface area contributed by atoms with Crippen LogP contribution in [0.2, 0.25) is 0 Å². The second-order valence-electron chi connectivity index (χ2n) is 5.50. The summed E-state index contributed by atoms with van der Waals surface area (Å²) in [5.74, 6) is 1.49. The fourth-order valence-electron chi connectivity index (χ4n) is 2.37. The molecule has 0 aliphatic heterocycles. The number of benzene rings is 1. The van der Waals surface area contributed by atoms with E-state index in [2.05, 4.69) is 15.2 Å². The molecule has 0 saturated heterocycles.